The Morgan fingerprint density at radius 1 is 1.03 bits per heavy atom. The summed E-state index contributed by atoms with van der Waals surface area (Å²) in [5, 5.41) is 2.86. The van der Waals surface area contributed by atoms with Crippen molar-refractivity contribution in [3.8, 4) is 5.69 Å². The van der Waals surface area contributed by atoms with Crippen LogP contribution in [-0.2, 0) is 10.3 Å². The van der Waals surface area contributed by atoms with E-state index in [9.17, 15) is 9.59 Å². The first-order valence-electron chi connectivity index (χ1n) is 9.63. The van der Waals surface area contributed by atoms with Crippen LogP contribution in [0.4, 0.5) is 10.6 Å². The van der Waals surface area contributed by atoms with E-state index < -0.39 is 5.60 Å². The van der Waals surface area contributed by atoms with Crippen LogP contribution in [0.25, 0.3) is 5.69 Å². The van der Waals surface area contributed by atoms with E-state index in [0.29, 0.717) is 37.3 Å². The molecule has 146 valence electrons. The fraction of sp³-hybridized carbons (Fsp3) is 0.227. The van der Waals surface area contributed by atoms with Crippen LogP contribution in [0.3, 0.4) is 0 Å². The first kappa shape index (κ1) is 17.5. The van der Waals surface area contributed by atoms with Gasteiger partial charge in [-0.05, 0) is 18.2 Å². The third-order valence-corrected chi connectivity index (χ3v) is 5.66. The Morgan fingerprint density at radius 3 is 2.55 bits per heavy atom. The van der Waals surface area contributed by atoms with Crippen molar-refractivity contribution in [2.75, 3.05) is 18.4 Å². The maximum atomic E-state index is 12.7. The van der Waals surface area contributed by atoms with E-state index in [1.165, 1.54) is 0 Å². The highest BCUT2D eigenvalue weighted by Gasteiger charge is 2.47. The number of carbonyl (C=O) groups is 2. The molecule has 1 fully saturated rings. The van der Waals surface area contributed by atoms with Gasteiger partial charge in [0.1, 0.15) is 11.9 Å². The number of fused-ring (bicyclic) bond motifs is 2. The molecule has 0 bridgehead atoms. The van der Waals surface area contributed by atoms with Crippen LogP contribution in [0.5, 0.6) is 0 Å². The molecule has 0 saturated carbocycles. The molecule has 1 saturated heterocycles. The summed E-state index contributed by atoms with van der Waals surface area (Å²) >= 11 is 0. The molecule has 1 spiro atoms. The van der Waals surface area contributed by atoms with Crippen LogP contribution in [0.15, 0.2) is 67.1 Å². The average molecular weight is 388 g/mol. The SMILES string of the molecule is O=C1OC2(CCN(C(=O)Nc3cn(-c4ccccc4)cn3)CC2)c2ccccc21. The lowest BCUT2D eigenvalue weighted by Crippen LogP contribution is -2.46. The van der Waals surface area contributed by atoms with Gasteiger partial charge in [0.2, 0.25) is 0 Å². The number of imidazole rings is 1. The van der Waals surface area contributed by atoms with E-state index in [1.807, 2.05) is 53.1 Å². The van der Waals surface area contributed by atoms with Gasteiger partial charge in [0, 0.05) is 37.2 Å². The number of nitrogens with one attached hydrogen (secondary N) is 1. The van der Waals surface area contributed by atoms with Gasteiger partial charge >= 0.3 is 12.0 Å². The minimum Gasteiger partial charge on any atom is -0.450 e. The van der Waals surface area contributed by atoms with E-state index in [4.69, 9.17) is 4.74 Å². The largest absolute Gasteiger partial charge is 0.450 e. The summed E-state index contributed by atoms with van der Waals surface area (Å²) in [4.78, 5) is 30.9. The van der Waals surface area contributed by atoms with Crippen molar-refractivity contribution in [2.24, 2.45) is 0 Å². The van der Waals surface area contributed by atoms with Crippen LogP contribution >= 0.6 is 0 Å². The Morgan fingerprint density at radius 2 is 1.76 bits per heavy atom. The van der Waals surface area contributed by atoms with Crippen molar-refractivity contribution in [3.05, 3.63) is 78.2 Å². The molecule has 5 rings (SSSR count). The summed E-state index contributed by atoms with van der Waals surface area (Å²) in [7, 11) is 0. The summed E-state index contributed by atoms with van der Waals surface area (Å²) in [6.07, 6.45) is 4.63. The van der Waals surface area contributed by atoms with Crippen LogP contribution in [-0.4, -0.2) is 39.5 Å². The number of hydrogen-bond donors (Lipinski definition) is 1. The molecular weight excluding hydrogens is 368 g/mol. The minimum absolute atomic E-state index is 0.198. The topological polar surface area (TPSA) is 76.5 Å². The van der Waals surface area contributed by atoms with E-state index in [2.05, 4.69) is 10.3 Å². The Hall–Kier alpha value is -3.61. The first-order chi connectivity index (χ1) is 14.1. The van der Waals surface area contributed by atoms with Crippen molar-refractivity contribution in [2.45, 2.75) is 18.4 Å². The lowest BCUT2D eigenvalue weighted by Gasteiger charge is -2.38. The lowest BCUT2D eigenvalue weighted by atomic mass is 9.84. The van der Waals surface area contributed by atoms with Gasteiger partial charge in [0.15, 0.2) is 5.82 Å². The molecule has 1 N–H and O–H groups in total. The number of ether oxygens (including phenoxy) is 1. The number of benzene rings is 2. The molecule has 29 heavy (non-hydrogen) atoms. The van der Waals surface area contributed by atoms with Crippen molar-refractivity contribution >= 4 is 17.8 Å². The number of para-hydroxylation sites is 1. The molecule has 2 aromatic carbocycles. The van der Waals surface area contributed by atoms with Crippen molar-refractivity contribution in [3.63, 3.8) is 0 Å². The van der Waals surface area contributed by atoms with Crippen LogP contribution in [0.1, 0.15) is 28.8 Å². The summed E-state index contributed by atoms with van der Waals surface area (Å²) in [5.41, 5.74) is 1.94. The second-order valence-electron chi connectivity index (χ2n) is 7.35. The Labute approximate surface area is 167 Å². The molecule has 7 nitrogen and oxygen atoms in total. The van der Waals surface area contributed by atoms with Crippen LogP contribution in [0, 0.1) is 0 Å². The Bertz CT molecular complexity index is 1070. The predicted molar refractivity (Wildman–Crippen MR) is 107 cm³/mol. The molecule has 0 atom stereocenters. The van der Waals surface area contributed by atoms with Crippen molar-refractivity contribution in [1.82, 2.24) is 14.5 Å². The number of urea groups is 1. The zero-order chi connectivity index (χ0) is 19.8. The van der Waals surface area contributed by atoms with Gasteiger partial charge in [-0.25, -0.2) is 14.6 Å². The highest BCUT2D eigenvalue weighted by molar-refractivity contribution is 5.95. The number of hydrogen-bond acceptors (Lipinski definition) is 4. The lowest BCUT2D eigenvalue weighted by molar-refractivity contribution is -0.0363. The highest BCUT2D eigenvalue weighted by atomic mass is 16.6. The molecule has 3 heterocycles. The van der Waals surface area contributed by atoms with Gasteiger partial charge < -0.3 is 14.2 Å². The third kappa shape index (κ3) is 3.04. The minimum atomic E-state index is -0.612. The molecular formula is C22H20N4O3. The maximum absolute atomic E-state index is 12.7. The Balaban J connectivity index is 1.25. The quantitative estimate of drug-likeness (QED) is 0.681. The monoisotopic (exact) mass is 388 g/mol. The number of nitrogens with zero attached hydrogens (tertiary/aromatic N) is 3. The van der Waals surface area contributed by atoms with Crippen LogP contribution < -0.4 is 5.32 Å². The number of anilines is 1. The second-order valence-corrected chi connectivity index (χ2v) is 7.35. The standard InChI is InChI=1S/C22H20N4O3/c27-20-17-8-4-5-9-18(17)22(29-20)10-12-25(13-11-22)21(28)24-19-14-26(15-23-19)16-6-2-1-3-7-16/h1-9,14-15H,10-13H2,(H,24,28). The molecule has 0 aliphatic carbocycles. The number of carbonyl (C=O) groups excluding carboxylic acids is 2. The van der Waals surface area contributed by atoms with Crippen LogP contribution in [0.2, 0.25) is 0 Å². The molecule has 1 aromatic heterocycles. The normalized spacial score (nSPS) is 17.1. The molecule has 0 radical (unpaired) electrons. The second kappa shape index (κ2) is 6.77. The van der Waals surface area contributed by atoms with Gasteiger partial charge in [-0.15, -0.1) is 0 Å². The van der Waals surface area contributed by atoms with Gasteiger partial charge in [-0.2, -0.15) is 0 Å². The third-order valence-electron chi connectivity index (χ3n) is 5.66. The van der Waals surface area contributed by atoms with Gasteiger partial charge in [0.25, 0.3) is 0 Å². The van der Waals surface area contributed by atoms with Crippen molar-refractivity contribution < 1.29 is 14.3 Å². The number of likely N-dealkylation sites (tertiary alicyclic amines) is 1. The number of aromatic nitrogens is 2. The maximum Gasteiger partial charge on any atom is 0.339 e. The number of amides is 2. The van der Waals surface area contributed by atoms with E-state index in [-0.39, 0.29) is 12.0 Å². The summed E-state index contributed by atoms with van der Waals surface area (Å²) < 4.78 is 7.60. The summed E-state index contributed by atoms with van der Waals surface area (Å²) in [6.45, 7) is 1.01. The summed E-state index contributed by atoms with van der Waals surface area (Å²) in [6, 6.07) is 17.1. The number of rotatable bonds is 2. The van der Waals surface area contributed by atoms with Gasteiger partial charge in [-0.3, -0.25) is 5.32 Å². The fourth-order valence-corrected chi connectivity index (χ4v) is 4.11. The molecule has 3 aromatic rings. The number of esters is 1. The van der Waals surface area contributed by atoms with E-state index in [0.717, 1.165) is 11.3 Å². The summed E-state index contributed by atoms with van der Waals surface area (Å²) in [5.74, 6) is 0.224. The zero-order valence-corrected chi connectivity index (χ0v) is 15.7. The van der Waals surface area contributed by atoms with Gasteiger partial charge in [-0.1, -0.05) is 36.4 Å². The number of piperidine rings is 1. The zero-order valence-electron chi connectivity index (χ0n) is 15.7. The molecule has 7 heteroatoms. The average Bonchev–Trinajstić information content (AvgIpc) is 3.33. The molecule has 2 aliphatic rings. The van der Waals surface area contributed by atoms with Crippen molar-refractivity contribution in [1.29, 1.82) is 0 Å². The molecule has 2 aliphatic heterocycles. The fourth-order valence-electron chi connectivity index (χ4n) is 4.11. The van der Waals surface area contributed by atoms with E-state index in [1.54, 1.807) is 23.5 Å². The van der Waals surface area contributed by atoms with E-state index >= 15 is 0 Å². The smallest absolute Gasteiger partial charge is 0.339 e. The predicted octanol–water partition coefficient (Wildman–Crippen LogP) is 3.57. The first-order valence-corrected chi connectivity index (χ1v) is 9.63. The molecule has 2 amide bonds. The highest BCUT2D eigenvalue weighted by Crippen LogP contribution is 2.43. The Kier molecular flexibility index (Phi) is 4.08. The van der Waals surface area contributed by atoms with Gasteiger partial charge in [0.05, 0.1) is 11.8 Å². The molecule has 0 unspecified atom stereocenters.